The molecule has 0 atom stereocenters. The molecule has 186 valence electrons. The van der Waals surface area contributed by atoms with Crippen LogP contribution in [0.15, 0.2) is 46.9 Å². The van der Waals surface area contributed by atoms with Crippen molar-refractivity contribution in [3.05, 3.63) is 63.3 Å². The van der Waals surface area contributed by atoms with E-state index in [1.807, 2.05) is 12.1 Å². The Labute approximate surface area is 221 Å². The van der Waals surface area contributed by atoms with E-state index in [9.17, 15) is 9.59 Å². The Morgan fingerprint density at radius 1 is 1.22 bits per heavy atom. The first-order chi connectivity index (χ1) is 17.2. The molecular formula is C26H27N5O2S3. The molecule has 0 unspecified atom stereocenters. The zero-order valence-electron chi connectivity index (χ0n) is 20.5. The van der Waals surface area contributed by atoms with E-state index in [0.717, 1.165) is 45.6 Å². The summed E-state index contributed by atoms with van der Waals surface area (Å²) in [5.74, 6) is 0.123. The molecule has 3 aromatic heterocycles. The standard InChI is InChI=1S/C26H27N5O2S3/c1-5-13-31-23(33)20-17-7-6-8-18(17)35-22(20)29-25(31)34-14-19(32)27-24-28-21(36-30-24)15-9-11-16(12-10-15)26(2,3)4/h5,9-12H,1,6-8,13-14H2,2-4H3,(H,27,30,32). The Hall–Kier alpha value is -2.82. The van der Waals surface area contributed by atoms with Gasteiger partial charge >= 0.3 is 0 Å². The first-order valence-corrected chi connectivity index (χ1v) is 14.4. The fourth-order valence-corrected chi connectivity index (χ4v) is 6.99. The third-order valence-corrected chi connectivity index (χ3v) is 9.04. The lowest BCUT2D eigenvalue weighted by molar-refractivity contribution is -0.113. The van der Waals surface area contributed by atoms with Gasteiger partial charge in [0.2, 0.25) is 11.9 Å². The Balaban J connectivity index is 1.29. The third-order valence-electron chi connectivity index (χ3n) is 6.11. The molecule has 0 radical (unpaired) electrons. The van der Waals surface area contributed by atoms with Gasteiger partial charge < -0.3 is 0 Å². The van der Waals surface area contributed by atoms with Crippen LogP contribution in [0.5, 0.6) is 0 Å². The number of rotatable bonds is 7. The van der Waals surface area contributed by atoms with Gasteiger partial charge in [0.05, 0.1) is 11.1 Å². The van der Waals surface area contributed by atoms with Crippen molar-refractivity contribution in [2.45, 2.75) is 57.1 Å². The molecule has 1 aromatic carbocycles. The van der Waals surface area contributed by atoms with Crippen molar-refractivity contribution < 1.29 is 4.79 Å². The number of hydrogen-bond donors (Lipinski definition) is 1. The van der Waals surface area contributed by atoms with E-state index in [-0.39, 0.29) is 28.6 Å². The average Bonchev–Trinajstić information content (AvgIpc) is 3.56. The molecule has 0 fully saturated rings. The summed E-state index contributed by atoms with van der Waals surface area (Å²) in [5, 5.41) is 4.77. The zero-order chi connectivity index (χ0) is 25.4. The molecule has 5 rings (SSSR count). The van der Waals surface area contributed by atoms with Crippen molar-refractivity contribution in [1.82, 2.24) is 18.9 Å². The Bertz CT molecular complexity index is 1510. The average molecular weight is 538 g/mol. The Morgan fingerprint density at radius 2 is 2.00 bits per heavy atom. The molecule has 3 heterocycles. The summed E-state index contributed by atoms with van der Waals surface area (Å²) in [6.45, 7) is 10.7. The van der Waals surface area contributed by atoms with Crippen molar-refractivity contribution in [2.24, 2.45) is 0 Å². The van der Waals surface area contributed by atoms with Crippen molar-refractivity contribution in [1.29, 1.82) is 0 Å². The number of aromatic nitrogens is 4. The van der Waals surface area contributed by atoms with Gasteiger partial charge in [-0.1, -0.05) is 62.9 Å². The van der Waals surface area contributed by atoms with Crippen LogP contribution in [-0.4, -0.2) is 30.6 Å². The maximum absolute atomic E-state index is 13.3. The first-order valence-electron chi connectivity index (χ1n) is 11.8. The van der Waals surface area contributed by atoms with E-state index in [4.69, 9.17) is 4.98 Å². The van der Waals surface area contributed by atoms with Gasteiger partial charge in [-0.3, -0.25) is 19.5 Å². The minimum Gasteiger partial charge on any atom is -0.293 e. The lowest BCUT2D eigenvalue weighted by atomic mass is 9.87. The van der Waals surface area contributed by atoms with Gasteiger partial charge in [-0.2, -0.15) is 9.36 Å². The molecule has 1 aliphatic carbocycles. The van der Waals surface area contributed by atoms with E-state index >= 15 is 0 Å². The van der Waals surface area contributed by atoms with Crippen LogP contribution < -0.4 is 10.9 Å². The van der Waals surface area contributed by atoms with Gasteiger partial charge in [-0.05, 0) is 47.3 Å². The number of thiophene rings is 1. The normalized spacial score (nSPS) is 13.2. The van der Waals surface area contributed by atoms with Gasteiger partial charge in [0.1, 0.15) is 9.84 Å². The SMILES string of the molecule is C=CCn1c(SCC(=O)Nc2nsc(-c3ccc(C(C)(C)C)cc3)n2)nc2sc3c(c2c1=O)CCC3. The molecule has 36 heavy (non-hydrogen) atoms. The summed E-state index contributed by atoms with van der Waals surface area (Å²) in [5.41, 5.74) is 3.39. The molecule has 1 aliphatic rings. The number of amides is 1. The minimum atomic E-state index is -0.249. The number of nitrogens with one attached hydrogen (secondary N) is 1. The predicted molar refractivity (Wildman–Crippen MR) is 150 cm³/mol. The maximum Gasteiger partial charge on any atom is 0.263 e. The van der Waals surface area contributed by atoms with Crippen molar-refractivity contribution in [2.75, 3.05) is 11.1 Å². The predicted octanol–water partition coefficient (Wildman–Crippen LogP) is 5.68. The Morgan fingerprint density at radius 3 is 2.72 bits per heavy atom. The highest BCUT2D eigenvalue weighted by Crippen LogP contribution is 2.35. The largest absolute Gasteiger partial charge is 0.293 e. The summed E-state index contributed by atoms with van der Waals surface area (Å²) in [6.07, 6.45) is 4.70. The second-order valence-corrected chi connectivity index (χ2v) is 12.5. The summed E-state index contributed by atoms with van der Waals surface area (Å²) in [4.78, 5) is 37.2. The van der Waals surface area contributed by atoms with E-state index in [1.54, 1.807) is 22.0 Å². The number of carbonyl (C=O) groups is 1. The number of benzene rings is 1. The summed E-state index contributed by atoms with van der Waals surface area (Å²) < 4.78 is 5.91. The van der Waals surface area contributed by atoms with Crippen molar-refractivity contribution in [3.8, 4) is 10.6 Å². The molecule has 1 N–H and O–H groups in total. The number of allylic oxidation sites excluding steroid dienone is 1. The second kappa shape index (κ2) is 9.91. The topological polar surface area (TPSA) is 89.8 Å². The third kappa shape index (κ3) is 4.89. The van der Waals surface area contributed by atoms with Crippen LogP contribution in [0.2, 0.25) is 0 Å². The molecule has 0 saturated carbocycles. The molecule has 7 nitrogen and oxygen atoms in total. The van der Waals surface area contributed by atoms with Crippen LogP contribution >= 0.6 is 34.6 Å². The fourth-order valence-electron chi connectivity index (χ4n) is 4.25. The number of nitrogens with zero attached hydrogens (tertiary/aromatic N) is 4. The highest BCUT2D eigenvalue weighted by Gasteiger charge is 2.23. The molecule has 4 aromatic rings. The quantitative estimate of drug-likeness (QED) is 0.185. The first kappa shape index (κ1) is 24.9. The molecule has 1 amide bonds. The van der Waals surface area contributed by atoms with Crippen LogP contribution in [0.1, 0.15) is 43.2 Å². The number of fused-ring (bicyclic) bond motifs is 3. The number of anilines is 1. The highest BCUT2D eigenvalue weighted by atomic mass is 32.2. The molecule has 0 aliphatic heterocycles. The van der Waals surface area contributed by atoms with E-state index in [0.29, 0.717) is 11.7 Å². The molecule has 0 saturated heterocycles. The van der Waals surface area contributed by atoms with Crippen LogP contribution in [0.25, 0.3) is 20.8 Å². The fraction of sp³-hybridized carbons (Fsp3) is 0.346. The number of hydrogen-bond acceptors (Lipinski definition) is 8. The summed E-state index contributed by atoms with van der Waals surface area (Å²) in [7, 11) is 0. The molecule has 10 heteroatoms. The zero-order valence-corrected chi connectivity index (χ0v) is 22.9. The number of thioether (sulfide) groups is 1. The van der Waals surface area contributed by atoms with Gasteiger partial charge in [0.25, 0.3) is 5.56 Å². The van der Waals surface area contributed by atoms with E-state index in [1.165, 1.54) is 33.7 Å². The summed E-state index contributed by atoms with van der Waals surface area (Å²) in [6, 6.07) is 8.26. The monoisotopic (exact) mass is 537 g/mol. The lowest BCUT2D eigenvalue weighted by Crippen LogP contribution is -2.24. The van der Waals surface area contributed by atoms with Gasteiger partial charge in [-0.15, -0.1) is 17.9 Å². The van der Waals surface area contributed by atoms with Crippen molar-refractivity contribution >= 4 is 56.7 Å². The molecule has 0 bridgehead atoms. The van der Waals surface area contributed by atoms with Crippen LogP contribution in [-0.2, 0) is 29.6 Å². The van der Waals surface area contributed by atoms with Crippen LogP contribution in [0.4, 0.5) is 5.95 Å². The van der Waals surface area contributed by atoms with Gasteiger partial charge in [0.15, 0.2) is 5.16 Å². The number of aryl methyl sites for hydroxylation is 2. The lowest BCUT2D eigenvalue weighted by Gasteiger charge is -2.18. The molecular weight excluding hydrogens is 511 g/mol. The van der Waals surface area contributed by atoms with Crippen LogP contribution in [0.3, 0.4) is 0 Å². The second-order valence-electron chi connectivity index (χ2n) is 9.72. The van der Waals surface area contributed by atoms with E-state index < -0.39 is 0 Å². The van der Waals surface area contributed by atoms with Gasteiger partial charge in [0, 0.05) is 17.0 Å². The van der Waals surface area contributed by atoms with E-state index in [2.05, 4.69) is 54.2 Å². The maximum atomic E-state index is 13.3. The van der Waals surface area contributed by atoms with Crippen LogP contribution in [0, 0.1) is 0 Å². The highest BCUT2D eigenvalue weighted by molar-refractivity contribution is 7.99. The Kier molecular flexibility index (Phi) is 6.84. The smallest absolute Gasteiger partial charge is 0.263 e. The van der Waals surface area contributed by atoms with Gasteiger partial charge in [-0.25, -0.2) is 4.98 Å². The summed E-state index contributed by atoms with van der Waals surface area (Å²) >= 11 is 4.08. The number of carbonyl (C=O) groups excluding carboxylic acids is 1. The minimum absolute atomic E-state index is 0.0505. The molecule has 0 spiro atoms. The van der Waals surface area contributed by atoms with Crippen molar-refractivity contribution in [3.63, 3.8) is 0 Å².